The van der Waals surface area contributed by atoms with Crippen molar-refractivity contribution in [2.24, 2.45) is 0 Å². The van der Waals surface area contributed by atoms with Crippen molar-refractivity contribution >= 4 is 17.4 Å². The summed E-state index contributed by atoms with van der Waals surface area (Å²) in [7, 11) is 0. The Labute approximate surface area is 285 Å². The summed E-state index contributed by atoms with van der Waals surface area (Å²) in [6, 6.07) is 8.04. The van der Waals surface area contributed by atoms with Gasteiger partial charge in [0.15, 0.2) is 5.78 Å². The Bertz CT molecular complexity index is 869. The molecular formula is C31H49NO11U. The van der Waals surface area contributed by atoms with Gasteiger partial charge >= 0.3 is 37.1 Å². The van der Waals surface area contributed by atoms with Crippen LogP contribution < -0.4 is 5.32 Å². The SMILES string of the molecule is [CH2-]CO[C-](C)CC1(CCc2ccc(NCC(=O)CCOCCOCCOCCOCCOCCC(=O)O)cc2)OCCO1.[U+2]. The number of carbonyl (C=O) groups excluding carboxylic acids is 1. The van der Waals surface area contributed by atoms with Gasteiger partial charge in [0.25, 0.3) is 0 Å². The van der Waals surface area contributed by atoms with Crippen molar-refractivity contribution < 1.29 is 83.7 Å². The van der Waals surface area contributed by atoms with E-state index >= 15 is 0 Å². The number of anilines is 1. The number of nitrogens with one attached hydrogen (secondary N) is 1. The first-order valence-corrected chi connectivity index (χ1v) is 14.9. The van der Waals surface area contributed by atoms with E-state index in [1.54, 1.807) is 0 Å². The van der Waals surface area contributed by atoms with Gasteiger partial charge in [-0.3, -0.25) is 9.59 Å². The van der Waals surface area contributed by atoms with E-state index < -0.39 is 11.8 Å². The summed E-state index contributed by atoms with van der Waals surface area (Å²) in [6.45, 7) is 11.3. The van der Waals surface area contributed by atoms with Crippen LogP contribution in [0.5, 0.6) is 0 Å². The molecule has 0 atom stereocenters. The molecule has 0 radical (unpaired) electrons. The Hall–Kier alpha value is -1.11. The van der Waals surface area contributed by atoms with Gasteiger partial charge < -0.3 is 55.2 Å². The molecule has 0 bridgehead atoms. The number of hydrogen-bond acceptors (Lipinski definition) is 11. The van der Waals surface area contributed by atoms with E-state index in [0.717, 1.165) is 30.2 Å². The fraction of sp³-hybridized carbons (Fsp3) is 0.677. The van der Waals surface area contributed by atoms with E-state index in [1.165, 1.54) is 0 Å². The Morgan fingerprint density at radius 2 is 1.36 bits per heavy atom. The van der Waals surface area contributed by atoms with Gasteiger partial charge in [0.1, 0.15) is 5.79 Å². The zero-order valence-corrected chi connectivity index (χ0v) is 30.1. The van der Waals surface area contributed by atoms with Gasteiger partial charge in [-0.25, -0.2) is 0 Å². The van der Waals surface area contributed by atoms with Crippen molar-refractivity contribution in [3.8, 4) is 0 Å². The van der Waals surface area contributed by atoms with E-state index in [9.17, 15) is 9.59 Å². The van der Waals surface area contributed by atoms with E-state index in [-0.39, 0.29) is 56.5 Å². The molecule has 1 aliphatic heterocycles. The summed E-state index contributed by atoms with van der Waals surface area (Å²) >= 11 is 0. The Morgan fingerprint density at radius 3 is 1.86 bits per heavy atom. The summed E-state index contributed by atoms with van der Waals surface area (Å²) in [5.41, 5.74) is 2.05. The zero-order chi connectivity index (χ0) is 31.0. The van der Waals surface area contributed by atoms with Crippen LogP contribution in [0.2, 0.25) is 0 Å². The molecule has 0 aromatic heterocycles. The van der Waals surface area contributed by atoms with E-state index in [2.05, 4.69) is 12.2 Å². The Kier molecular flexibility index (Phi) is 24.2. The molecule has 44 heavy (non-hydrogen) atoms. The van der Waals surface area contributed by atoms with Crippen LogP contribution in [0, 0.1) is 44.1 Å². The quantitative estimate of drug-likeness (QED) is 0.0947. The number of carboxylic acid groups (broad SMARTS) is 1. The number of aliphatic carboxylic acids is 1. The van der Waals surface area contributed by atoms with E-state index in [4.69, 9.17) is 43.0 Å². The minimum atomic E-state index is -0.880. The number of carboxylic acids is 1. The minimum absolute atomic E-state index is 0. The van der Waals surface area contributed by atoms with E-state index in [0.29, 0.717) is 92.1 Å². The number of aryl methyl sites for hydroxylation is 1. The first kappa shape index (κ1) is 40.9. The fourth-order valence-electron chi connectivity index (χ4n) is 4.18. The molecule has 0 aliphatic carbocycles. The maximum absolute atomic E-state index is 12.2. The summed E-state index contributed by atoms with van der Waals surface area (Å²) < 4.78 is 44.1. The second kappa shape index (κ2) is 26.0. The molecule has 1 fully saturated rings. The maximum atomic E-state index is 12.2. The number of hydrogen-bond donors (Lipinski definition) is 2. The van der Waals surface area contributed by atoms with Crippen molar-refractivity contribution in [1.82, 2.24) is 0 Å². The van der Waals surface area contributed by atoms with Gasteiger partial charge in [-0.1, -0.05) is 18.6 Å². The summed E-state index contributed by atoms with van der Waals surface area (Å²) in [5, 5.41) is 11.7. The average Bonchev–Trinajstić information content (AvgIpc) is 3.45. The fourth-order valence-corrected chi connectivity index (χ4v) is 4.18. The Morgan fingerprint density at radius 1 is 0.864 bits per heavy atom. The standard InChI is InChI=1S/C31H49NO11.U/c1-3-41-26(2)24-31(42-22-23-43-31)11-8-27-4-6-28(7-5-27)32-25-29(33)9-12-36-14-16-38-18-20-40-21-19-39-17-15-37-13-10-30(34)35;/h4-7,32H,1,3,8-25H2,2H3,(H,34,35);/q-2;+2. The number of carbonyl (C=O) groups is 2. The molecule has 13 heteroatoms. The third-order valence-electron chi connectivity index (χ3n) is 6.39. The van der Waals surface area contributed by atoms with Gasteiger partial charge in [0.2, 0.25) is 0 Å². The second-order valence-corrected chi connectivity index (χ2v) is 9.88. The van der Waals surface area contributed by atoms with Crippen molar-refractivity contribution in [3.63, 3.8) is 0 Å². The summed E-state index contributed by atoms with van der Waals surface area (Å²) in [4.78, 5) is 22.5. The third kappa shape index (κ3) is 20.1. The largest absolute Gasteiger partial charge is 2.00 e. The molecule has 1 aromatic carbocycles. The minimum Gasteiger partial charge on any atom is -0.575 e. The molecule has 248 valence electrons. The topological polar surface area (TPSA) is 140 Å². The first-order chi connectivity index (χ1) is 20.9. The molecule has 0 unspecified atom stereocenters. The maximum Gasteiger partial charge on any atom is 2.00 e. The molecule has 12 nitrogen and oxygen atoms in total. The summed E-state index contributed by atoms with van der Waals surface area (Å²) in [5.74, 6) is -1.46. The monoisotopic (exact) mass is 849 g/mol. The molecule has 0 spiro atoms. The van der Waals surface area contributed by atoms with Crippen LogP contribution in [-0.2, 0) is 53.9 Å². The predicted octanol–water partition coefficient (Wildman–Crippen LogP) is 3.08. The number of ether oxygens (including phenoxy) is 8. The number of rotatable bonds is 28. The second-order valence-electron chi connectivity index (χ2n) is 9.88. The molecule has 1 heterocycles. The van der Waals surface area contributed by atoms with Crippen LogP contribution in [0.3, 0.4) is 0 Å². The van der Waals surface area contributed by atoms with Gasteiger partial charge in [-0.15, -0.1) is 6.61 Å². The Balaban J connectivity index is 0.00000968. The molecule has 1 aliphatic rings. The first-order valence-electron chi connectivity index (χ1n) is 14.9. The van der Waals surface area contributed by atoms with Crippen molar-refractivity contribution in [1.29, 1.82) is 0 Å². The van der Waals surface area contributed by atoms with Gasteiger partial charge in [0, 0.05) is 18.5 Å². The molecular weight excluding hydrogens is 800 g/mol. The summed E-state index contributed by atoms with van der Waals surface area (Å²) in [6.07, 6.45) is 3.29. The van der Waals surface area contributed by atoms with Crippen molar-refractivity contribution in [3.05, 3.63) is 42.9 Å². The number of ketones is 1. The van der Waals surface area contributed by atoms with Gasteiger partial charge in [-0.2, -0.15) is 13.0 Å². The zero-order valence-electron chi connectivity index (χ0n) is 26.0. The predicted molar refractivity (Wildman–Crippen MR) is 159 cm³/mol. The van der Waals surface area contributed by atoms with Crippen LogP contribution in [0.25, 0.3) is 0 Å². The molecule has 2 N–H and O–H groups in total. The van der Waals surface area contributed by atoms with Crippen molar-refractivity contribution in [2.45, 2.75) is 44.8 Å². The van der Waals surface area contributed by atoms with Crippen LogP contribution in [0.15, 0.2) is 24.3 Å². The normalized spacial score (nSPS) is 14.1. The van der Waals surface area contributed by atoms with E-state index in [1.807, 2.05) is 31.2 Å². The molecule has 2 rings (SSSR count). The number of benzene rings is 1. The van der Waals surface area contributed by atoms with Crippen LogP contribution in [0.4, 0.5) is 5.69 Å². The van der Waals surface area contributed by atoms with Crippen LogP contribution in [0.1, 0.15) is 38.2 Å². The van der Waals surface area contributed by atoms with Crippen LogP contribution >= 0.6 is 0 Å². The molecule has 1 aromatic rings. The molecule has 1 saturated heterocycles. The smallest absolute Gasteiger partial charge is 0.575 e. The third-order valence-corrected chi connectivity index (χ3v) is 6.39. The van der Waals surface area contributed by atoms with Crippen LogP contribution in [-0.4, -0.2) is 115 Å². The van der Waals surface area contributed by atoms with Gasteiger partial charge in [0.05, 0.1) is 92.2 Å². The van der Waals surface area contributed by atoms with Gasteiger partial charge in [-0.05, 0) is 24.1 Å². The molecule has 0 saturated carbocycles. The molecule has 0 amide bonds. The van der Waals surface area contributed by atoms with Crippen molar-refractivity contribution in [2.75, 3.05) is 97.8 Å². The number of Topliss-reactive ketones (excluding diaryl/α,β-unsaturated/α-hetero) is 1. The average molecular weight is 850 g/mol.